The van der Waals surface area contributed by atoms with Gasteiger partial charge >= 0.3 is 0 Å². The monoisotopic (exact) mass is 205 g/mol. The van der Waals surface area contributed by atoms with Gasteiger partial charge in [0.05, 0.1) is 5.52 Å². The van der Waals surface area contributed by atoms with Gasteiger partial charge in [-0.25, -0.2) is 4.39 Å². The van der Waals surface area contributed by atoms with Crippen LogP contribution in [0.1, 0.15) is 12.5 Å². The van der Waals surface area contributed by atoms with Crippen LogP contribution in [0.25, 0.3) is 10.9 Å². The largest absolute Gasteiger partial charge is 0.345 e. The number of carbonyl (C=O) groups is 1. The standard InChI is InChI=1S/C12H12FNO/c1-2-14-8-9(6-7-15)10-4-3-5-11(13)12(10)14/h3-5,7-8H,2,6H2,1H3. The van der Waals surface area contributed by atoms with Gasteiger partial charge in [0, 0.05) is 24.5 Å². The second-order valence-electron chi connectivity index (χ2n) is 3.45. The molecular weight excluding hydrogens is 193 g/mol. The molecule has 0 aliphatic carbocycles. The van der Waals surface area contributed by atoms with E-state index in [9.17, 15) is 9.18 Å². The van der Waals surface area contributed by atoms with Crippen LogP contribution in [0.4, 0.5) is 4.39 Å². The van der Waals surface area contributed by atoms with Crippen LogP contribution < -0.4 is 0 Å². The molecule has 0 aliphatic rings. The fraction of sp³-hybridized carbons (Fsp3) is 0.250. The summed E-state index contributed by atoms with van der Waals surface area (Å²) in [5.41, 5.74) is 1.48. The third-order valence-corrected chi connectivity index (χ3v) is 2.58. The van der Waals surface area contributed by atoms with E-state index in [1.165, 1.54) is 6.07 Å². The predicted octanol–water partition coefficient (Wildman–Crippen LogP) is 2.54. The van der Waals surface area contributed by atoms with Crippen LogP contribution in [0.5, 0.6) is 0 Å². The normalized spacial score (nSPS) is 10.8. The molecule has 15 heavy (non-hydrogen) atoms. The average Bonchev–Trinajstić information content (AvgIpc) is 2.59. The minimum atomic E-state index is -0.230. The quantitative estimate of drug-likeness (QED) is 0.706. The fourth-order valence-corrected chi connectivity index (χ4v) is 1.89. The first-order valence-electron chi connectivity index (χ1n) is 4.97. The molecule has 0 unspecified atom stereocenters. The van der Waals surface area contributed by atoms with Crippen molar-refractivity contribution in [3.05, 3.63) is 35.8 Å². The molecule has 1 aromatic carbocycles. The van der Waals surface area contributed by atoms with Crippen molar-refractivity contribution in [2.75, 3.05) is 0 Å². The summed E-state index contributed by atoms with van der Waals surface area (Å²) in [6.07, 6.45) is 3.04. The molecule has 1 aromatic heterocycles. The summed E-state index contributed by atoms with van der Waals surface area (Å²) in [4.78, 5) is 10.5. The zero-order valence-corrected chi connectivity index (χ0v) is 8.53. The maximum Gasteiger partial charge on any atom is 0.147 e. The molecule has 0 aliphatic heterocycles. The van der Waals surface area contributed by atoms with Crippen LogP contribution in [0.15, 0.2) is 24.4 Å². The molecule has 0 saturated carbocycles. The zero-order valence-electron chi connectivity index (χ0n) is 8.53. The number of aryl methyl sites for hydroxylation is 1. The number of nitrogens with zero attached hydrogens (tertiary/aromatic N) is 1. The number of fused-ring (bicyclic) bond motifs is 1. The summed E-state index contributed by atoms with van der Waals surface area (Å²) in [5, 5.41) is 0.837. The number of aromatic nitrogens is 1. The number of aldehydes is 1. The number of benzene rings is 1. The van der Waals surface area contributed by atoms with E-state index < -0.39 is 0 Å². The summed E-state index contributed by atoms with van der Waals surface area (Å²) in [6.45, 7) is 2.66. The molecule has 1 heterocycles. The Morgan fingerprint density at radius 3 is 2.93 bits per heavy atom. The summed E-state index contributed by atoms with van der Waals surface area (Å²) < 4.78 is 15.4. The van der Waals surface area contributed by atoms with Crippen molar-refractivity contribution in [2.45, 2.75) is 19.9 Å². The third kappa shape index (κ3) is 1.54. The van der Waals surface area contributed by atoms with Gasteiger partial charge in [-0.2, -0.15) is 0 Å². The molecular formula is C12H12FNO. The van der Waals surface area contributed by atoms with Crippen molar-refractivity contribution >= 4 is 17.2 Å². The Kier molecular flexibility index (Phi) is 2.54. The van der Waals surface area contributed by atoms with Gasteiger partial charge in [0.1, 0.15) is 12.1 Å². The van der Waals surface area contributed by atoms with Crippen molar-refractivity contribution in [3.8, 4) is 0 Å². The summed E-state index contributed by atoms with van der Waals surface area (Å²) in [7, 11) is 0. The van der Waals surface area contributed by atoms with E-state index in [0.29, 0.717) is 18.5 Å². The Hall–Kier alpha value is -1.64. The highest BCUT2D eigenvalue weighted by molar-refractivity contribution is 5.86. The Morgan fingerprint density at radius 2 is 2.27 bits per heavy atom. The van der Waals surface area contributed by atoms with Crippen LogP contribution in [0.2, 0.25) is 0 Å². The molecule has 0 atom stereocenters. The molecule has 0 amide bonds. The van der Waals surface area contributed by atoms with Gasteiger partial charge in [-0.15, -0.1) is 0 Å². The number of rotatable bonds is 3. The van der Waals surface area contributed by atoms with E-state index in [1.54, 1.807) is 6.07 Å². The van der Waals surface area contributed by atoms with Crippen molar-refractivity contribution < 1.29 is 9.18 Å². The number of hydrogen-bond acceptors (Lipinski definition) is 1. The van der Waals surface area contributed by atoms with Gasteiger partial charge in [-0.05, 0) is 18.6 Å². The first-order chi connectivity index (χ1) is 7.27. The van der Waals surface area contributed by atoms with E-state index in [4.69, 9.17) is 0 Å². The second-order valence-corrected chi connectivity index (χ2v) is 3.45. The van der Waals surface area contributed by atoms with Gasteiger partial charge in [0.15, 0.2) is 0 Å². The van der Waals surface area contributed by atoms with Crippen LogP contribution in [0.3, 0.4) is 0 Å². The Balaban J connectivity index is 2.74. The fourth-order valence-electron chi connectivity index (χ4n) is 1.89. The maximum atomic E-state index is 13.6. The van der Waals surface area contributed by atoms with Crippen LogP contribution in [0, 0.1) is 5.82 Å². The number of halogens is 1. The van der Waals surface area contributed by atoms with E-state index in [0.717, 1.165) is 17.2 Å². The molecule has 2 aromatic rings. The lowest BCUT2D eigenvalue weighted by Crippen LogP contribution is -1.92. The molecule has 0 spiro atoms. The lowest BCUT2D eigenvalue weighted by Gasteiger charge is -2.00. The number of hydrogen-bond donors (Lipinski definition) is 0. The van der Waals surface area contributed by atoms with Crippen molar-refractivity contribution in [1.29, 1.82) is 0 Å². The molecule has 0 saturated heterocycles. The lowest BCUT2D eigenvalue weighted by atomic mass is 10.1. The highest BCUT2D eigenvalue weighted by Crippen LogP contribution is 2.23. The number of para-hydroxylation sites is 1. The lowest BCUT2D eigenvalue weighted by molar-refractivity contribution is -0.107. The molecule has 3 heteroatoms. The second kappa shape index (κ2) is 3.85. The molecule has 0 radical (unpaired) electrons. The summed E-state index contributed by atoms with van der Waals surface area (Å²) in [6, 6.07) is 4.97. The van der Waals surface area contributed by atoms with Gasteiger partial charge in [-0.3, -0.25) is 0 Å². The van der Waals surface area contributed by atoms with Crippen molar-refractivity contribution in [2.24, 2.45) is 0 Å². The molecule has 0 fully saturated rings. The molecule has 2 rings (SSSR count). The molecule has 78 valence electrons. The van der Waals surface area contributed by atoms with Crippen LogP contribution in [-0.4, -0.2) is 10.9 Å². The Bertz CT molecular complexity index is 502. The topological polar surface area (TPSA) is 22.0 Å². The summed E-state index contributed by atoms with van der Waals surface area (Å²) >= 11 is 0. The summed E-state index contributed by atoms with van der Waals surface area (Å²) in [5.74, 6) is -0.230. The van der Waals surface area contributed by atoms with Gasteiger partial charge in [-0.1, -0.05) is 12.1 Å². The van der Waals surface area contributed by atoms with Gasteiger partial charge in [0.2, 0.25) is 0 Å². The maximum absolute atomic E-state index is 13.6. The minimum Gasteiger partial charge on any atom is -0.345 e. The Morgan fingerprint density at radius 1 is 1.47 bits per heavy atom. The highest BCUT2D eigenvalue weighted by atomic mass is 19.1. The van der Waals surface area contributed by atoms with Crippen LogP contribution in [-0.2, 0) is 17.8 Å². The Labute approximate surface area is 87.3 Å². The smallest absolute Gasteiger partial charge is 0.147 e. The zero-order chi connectivity index (χ0) is 10.8. The molecule has 0 bridgehead atoms. The SMILES string of the molecule is CCn1cc(CC=O)c2cccc(F)c21. The number of carbonyl (C=O) groups excluding carboxylic acids is 1. The first kappa shape index (κ1) is 9.90. The van der Waals surface area contributed by atoms with E-state index >= 15 is 0 Å². The molecule has 2 nitrogen and oxygen atoms in total. The predicted molar refractivity (Wildman–Crippen MR) is 57.3 cm³/mol. The van der Waals surface area contributed by atoms with Crippen LogP contribution >= 0.6 is 0 Å². The highest BCUT2D eigenvalue weighted by Gasteiger charge is 2.10. The van der Waals surface area contributed by atoms with Crippen molar-refractivity contribution in [1.82, 2.24) is 4.57 Å². The van der Waals surface area contributed by atoms with Gasteiger partial charge < -0.3 is 9.36 Å². The van der Waals surface area contributed by atoms with E-state index in [-0.39, 0.29) is 5.82 Å². The molecule has 0 N–H and O–H groups in total. The first-order valence-corrected chi connectivity index (χ1v) is 4.97. The van der Waals surface area contributed by atoms with Crippen molar-refractivity contribution in [3.63, 3.8) is 0 Å². The van der Waals surface area contributed by atoms with E-state index in [2.05, 4.69) is 0 Å². The third-order valence-electron chi connectivity index (χ3n) is 2.58. The minimum absolute atomic E-state index is 0.230. The van der Waals surface area contributed by atoms with Gasteiger partial charge in [0.25, 0.3) is 0 Å². The van der Waals surface area contributed by atoms with E-state index in [1.807, 2.05) is 23.8 Å². The average molecular weight is 205 g/mol.